The number of nitro benzene ring substituents is 1. The molecule has 0 spiro atoms. The Labute approximate surface area is 131 Å². The Morgan fingerprint density at radius 1 is 1.18 bits per heavy atom. The summed E-state index contributed by atoms with van der Waals surface area (Å²) in [6, 6.07) is 4.48. The maximum atomic E-state index is 11.0. The normalized spacial score (nSPS) is 19.5. The number of rotatable bonds is 4. The maximum Gasteiger partial charge on any atom is 0.498 e. The van der Waals surface area contributed by atoms with E-state index in [0.717, 1.165) is 0 Å². The van der Waals surface area contributed by atoms with Crippen LogP contribution in [0.2, 0.25) is 0 Å². The molecule has 120 valence electrons. The van der Waals surface area contributed by atoms with E-state index in [1.807, 2.05) is 41.5 Å². The molecule has 7 heteroatoms. The van der Waals surface area contributed by atoms with Crippen molar-refractivity contribution in [3.8, 4) is 5.75 Å². The van der Waals surface area contributed by atoms with E-state index in [1.165, 1.54) is 12.1 Å². The summed E-state index contributed by atoms with van der Waals surface area (Å²) in [6.07, 6.45) is -0.0531. The van der Waals surface area contributed by atoms with Crippen LogP contribution in [0.15, 0.2) is 18.2 Å². The number of non-ortho nitro benzene ring substituents is 1. The van der Waals surface area contributed by atoms with Gasteiger partial charge in [-0.15, -0.1) is 0 Å². The average Bonchev–Trinajstić information content (AvgIpc) is 2.57. The highest BCUT2D eigenvalue weighted by Gasteiger charge is 2.52. The highest BCUT2D eigenvalue weighted by atomic mass is 16.7. The predicted molar refractivity (Wildman–Crippen MR) is 84.6 cm³/mol. The summed E-state index contributed by atoms with van der Waals surface area (Å²) in [4.78, 5) is 10.6. The van der Waals surface area contributed by atoms with Gasteiger partial charge in [-0.3, -0.25) is 10.1 Å². The molecule has 1 aliphatic heterocycles. The van der Waals surface area contributed by atoms with Gasteiger partial charge in [-0.2, -0.15) is 0 Å². The summed E-state index contributed by atoms with van der Waals surface area (Å²) in [5.41, 5.74) is -0.503. The zero-order valence-corrected chi connectivity index (χ0v) is 13.9. The largest absolute Gasteiger partial charge is 0.498 e. The molecule has 0 amide bonds. The summed E-state index contributed by atoms with van der Waals surface area (Å²) >= 11 is 0. The molecule has 2 rings (SSSR count). The van der Waals surface area contributed by atoms with Gasteiger partial charge in [-0.1, -0.05) is 0 Å². The first-order valence-electron chi connectivity index (χ1n) is 7.34. The van der Waals surface area contributed by atoms with Crippen LogP contribution in [-0.4, -0.2) is 29.3 Å². The van der Waals surface area contributed by atoms with Crippen molar-refractivity contribution in [2.75, 3.05) is 0 Å². The second-order valence-electron chi connectivity index (χ2n) is 6.73. The average molecular weight is 307 g/mol. The second-order valence-corrected chi connectivity index (χ2v) is 6.73. The van der Waals surface area contributed by atoms with Crippen molar-refractivity contribution >= 4 is 18.3 Å². The minimum absolute atomic E-state index is 0.0131. The molecule has 1 fully saturated rings. The fourth-order valence-corrected chi connectivity index (χ4v) is 2.16. The number of hydrogen-bond donors (Lipinski definition) is 0. The maximum absolute atomic E-state index is 11.0. The molecule has 0 radical (unpaired) electrons. The predicted octanol–water partition coefficient (Wildman–Crippen LogP) is 2.68. The Morgan fingerprint density at radius 2 is 1.73 bits per heavy atom. The molecule has 1 heterocycles. The van der Waals surface area contributed by atoms with Gasteiger partial charge in [0.05, 0.1) is 22.2 Å². The van der Waals surface area contributed by atoms with Crippen LogP contribution in [0.25, 0.3) is 0 Å². The van der Waals surface area contributed by atoms with Crippen molar-refractivity contribution in [3.05, 3.63) is 28.3 Å². The van der Waals surface area contributed by atoms with Crippen molar-refractivity contribution in [2.45, 2.75) is 58.8 Å². The Morgan fingerprint density at radius 3 is 2.18 bits per heavy atom. The first-order valence-corrected chi connectivity index (χ1v) is 7.34. The highest BCUT2D eigenvalue weighted by Crippen LogP contribution is 2.37. The molecular formula is C15H22BNO5. The standard InChI is InChI=1S/C15H22BNO5/c1-10(2)20-13-8-7-11(17(18)19)9-12(13)16-21-14(3,4)15(5,6)22-16/h7-10H,1-6H3. The second kappa shape index (κ2) is 5.55. The van der Waals surface area contributed by atoms with E-state index in [9.17, 15) is 10.1 Å². The molecule has 1 saturated heterocycles. The molecule has 0 unspecified atom stereocenters. The van der Waals surface area contributed by atoms with Crippen molar-refractivity contribution < 1.29 is 19.0 Å². The molecule has 1 aromatic rings. The lowest BCUT2D eigenvalue weighted by atomic mass is 9.78. The van der Waals surface area contributed by atoms with Gasteiger partial charge in [0.15, 0.2) is 0 Å². The van der Waals surface area contributed by atoms with Gasteiger partial charge in [0.1, 0.15) is 5.75 Å². The lowest BCUT2D eigenvalue weighted by Crippen LogP contribution is -2.41. The Balaban J connectivity index is 2.44. The van der Waals surface area contributed by atoms with Gasteiger partial charge in [0, 0.05) is 17.6 Å². The van der Waals surface area contributed by atoms with E-state index in [1.54, 1.807) is 6.07 Å². The summed E-state index contributed by atoms with van der Waals surface area (Å²) in [7, 11) is -0.696. The van der Waals surface area contributed by atoms with Crippen LogP contribution in [-0.2, 0) is 9.31 Å². The van der Waals surface area contributed by atoms with Crippen LogP contribution in [0.1, 0.15) is 41.5 Å². The van der Waals surface area contributed by atoms with Crippen molar-refractivity contribution in [2.24, 2.45) is 0 Å². The lowest BCUT2D eigenvalue weighted by molar-refractivity contribution is -0.384. The van der Waals surface area contributed by atoms with Gasteiger partial charge in [-0.25, -0.2) is 0 Å². The first kappa shape index (κ1) is 16.8. The van der Waals surface area contributed by atoms with E-state index < -0.39 is 23.2 Å². The number of benzene rings is 1. The van der Waals surface area contributed by atoms with Crippen LogP contribution in [0.4, 0.5) is 5.69 Å². The van der Waals surface area contributed by atoms with Gasteiger partial charge < -0.3 is 14.0 Å². The van der Waals surface area contributed by atoms with E-state index in [2.05, 4.69) is 0 Å². The topological polar surface area (TPSA) is 70.8 Å². The number of ether oxygens (including phenoxy) is 1. The minimum atomic E-state index is -0.696. The van der Waals surface area contributed by atoms with E-state index in [-0.39, 0.29) is 11.8 Å². The summed E-state index contributed by atoms with van der Waals surface area (Å²) in [6.45, 7) is 11.5. The molecule has 1 aliphatic rings. The third-order valence-corrected chi connectivity index (χ3v) is 4.07. The zero-order valence-electron chi connectivity index (χ0n) is 13.9. The molecule has 0 saturated carbocycles. The third kappa shape index (κ3) is 3.10. The minimum Gasteiger partial charge on any atom is -0.491 e. The molecule has 0 aromatic heterocycles. The molecule has 6 nitrogen and oxygen atoms in total. The van der Waals surface area contributed by atoms with Gasteiger partial charge in [-0.05, 0) is 47.6 Å². The smallest absolute Gasteiger partial charge is 0.491 e. The SMILES string of the molecule is CC(C)Oc1ccc([N+](=O)[O-])cc1B1OC(C)(C)C(C)(C)O1. The van der Waals surface area contributed by atoms with E-state index in [0.29, 0.717) is 11.2 Å². The Kier molecular flexibility index (Phi) is 4.23. The molecular weight excluding hydrogens is 285 g/mol. The highest BCUT2D eigenvalue weighted by molar-refractivity contribution is 6.63. The van der Waals surface area contributed by atoms with Gasteiger partial charge >= 0.3 is 7.12 Å². The third-order valence-electron chi connectivity index (χ3n) is 4.07. The van der Waals surface area contributed by atoms with Gasteiger partial charge in [0.2, 0.25) is 0 Å². The molecule has 0 atom stereocenters. The number of hydrogen-bond acceptors (Lipinski definition) is 5. The van der Waals surface area contributed by atoms with Crippen LogP contribution in [0.3, 0.4) is 0 Å². The zero-order chi connectivity index (χ0) is 16.7. The number of nitro groups is 1. The molecule has 22 heavy (non-hydrogen) atoms. The van der Waals surface area contributed by atoms with Crippen LogP contribution in [0.5, 0.6) is 5.75 Å². The van der Waals surface area contributed by atoms with Gasteiger partial charge in [0.25, 0.3) is 5.69 Å². The summed E-state index contributed by atoms with van der Waals surface area (Å²) in [5.74, 6) is 0.541. The fraction of sp³-hybridized carbons (Fsp3) is 0.600. The van der Waals surface area contributed by atoms with Crippen molar-refractivity contribution in [1.29, 1.82) is 0 Å². The Bertz CT molecular complexity index is 569. The quantitative estimate of drug-likeness (QED) is 0.486. The van der Waals surface area contributed by atoms with E-state index in [4.69, 9.17) is 14.0 Å². The first-order chi connectivity index (χ1) is 10.0. The fourth-order valence-electron chi connectivity index (χ4n) is 2.16. The molecule has 0 aliphatic carbocycles. The van der Waals surface area contributed by atoms with Crippen LogP contribution < -0.4 is 10.2 Å². The monoisotopic (exact) mass is 307 g/mol. The summed E-state index contributed by atoms with van der Waals surface area (Å²) < 4.78 is 17.7. The van der Waals surface area contributed by atoms with Crippen molar-refractivity contribution in [1.82, 2.24) is 0 Å². The molecule has 1 aromatic carbocycles. The molecule has 0 bridgehead atoms. The van der Waals surface area contributed by atoms with Crippen LogP contribution >= 0.6 is 0 Å². The summed E-state index contributed by atoms with van der Waals surface area (Å²) in [5, 5.41) is 11.0. The number of nitrogens with zero attached hydrogens (tertiary/aromatic N) is 1. The van der Waals surface area contributed by atoms with Crippen LogP contribution in [0, 0.1) is 10.1 Å². The lowest BCUT2D eigenvalue weighted by Gasteiger charge is -2.32. The van der Waals surface area contributed by atoms with E-state index >= 15 is 0 Å². The Hall–Kier alpha value is -1.60. The van der Waals surface area contributed by atoms with Crippen molar-refractivity contribution in [3.63, 3.8) is 0 Å². The molecule has 0 N–H and O–H groups in total.